The number of hydrogen-bond acceptors (Lipinski definition) is 2. The molecule has 2 nitrogen and oxygen atoms in total. The van der Waals surface area contributed by atoms with Crippen LogP contribution in [-0.2, 0) is 12.8 Å². The van der Waals surface area contributed by atoms with Gasteiger partial charge in [0.15, 0.2) is 0 Å². The van der Waals surface area contributed by atoms with Gasteiger partial charge >= 0.3 is 0 Å². The van der Waals surface area contributed by atoms with Crippen LogP contribution in [0.5, 0.6) is 0 Å². The van der Waals surface area contributed by atoms with E-state index in [9.17, 15) is 0 Å². The summed E-state index contributed by atoms with van der Waals surface area (Å²) in [5.74, 6) is 2.34. The fourth-order valence-electron chi connectivity index (χ4n) is 2.56. The molecule has 2 aromatic rings. The van der Waals surface area contributed by atoms with Gasteiger partial charge in [-0.1, -0.05) is 43.7 Å². The van der Waals surface area contributed by atoms with Gasteiger partial charge in [-0.3, -0.25) is 0 Å². The van der Waals surface area contributed by atoms with Crippen molar-refractivity contribution in [3.63, 3.8) is 0 Å². The van der Waals surface area contributed by atoms with Gasteiger partial charge in [-0.05, 0) is 56.0 Å². The summed E-state index contributed by atoms with van der Waals surface area (Å²) >= 11 is 0. The van der Waals surface area contributed by atoms with E-state index in [1.807, 2.05) is 6.07 Å². The smallest absolute Gasteiger partial charge is 0.104 e. The highest BCUT2D eigenvalue weighted by Gasteiger charge is 2.12. The van der Waals surface area contributed by atoms with Gasteiger partial charge in [-0.2, -0.15) is 0 Å². The van der Waals surface area contributed by atoms with E-state index in [0.29, 0.717) is 11.8 Å². The molecule has 1 N–H and O–H groups in total. The van der Waals surface area contributed by atoms with E-state index in [4.69, 9.17) is 4.42 Å². The summed E-state index contributed by atoms with van der Waals surface area (Å²) in [7, 11) is 0. The summed E-state index contributed by atoms with van der Waals surface area (Å²) < 4.78 is 5.52. The van der Waals surface area contributed by atoms with Crippen LogP contribution in [0.4, 0.5) is 0 Å². The summed E-state index contributed by atoms with van der Waals surface area (Å²) in [6.07, 6.45) is 3.85. The fraction of sp³-hybridized carbons (Fsp3) is 0.474. The molecule has 1 heterocycles. The van der Waals surface area contributed by atoms with E-state index < -0.39 is 0 Å². The fourth-order valence-corrected chi connectivity index (χ4v) is 2.56. The maximum Gasteiger partial charge on any atom is 0.104 e. The standard InChI is InChI=1S/C19H27NO/c1-15(2)13-20-14-18(12-19-5-4-10-21-19)11-17-8-6-16(3)7-9-17/h4-10,15,18,20H,11-14H2,1-3H3. The zero-order chi connectivity index (χ0) is 15.1. The van der Waals surface area contributed by atoms with Crippen LogP contribution < -0.4 is 5.32 Å². The van der Waals surface area contributed by atoms with E-state index in [1.54, 1.807) is 6.26 Å². The highest BCUT2D eigenvalue weighted by Crippen LogP contribution is 2.15. The Labute approximate surface area is 128 Å². The number of hydrogen-bond donors (Lipinski definition) is 1. The second-order valence-corrected chi connectivity index (χ2v) is 6.39. The van der Waals surface area contributed by atoms with Crippen molar-refractivity contribution in [3.05, 3.63) is 59.5 Å². The molecule has 0 aliphatic heterocycles. The number of furan rings is 1. The first-order valence-electron chi connectivity index (χ1n) is 7.92. The van der Waals surface area contributed by atoms with E-state index in [0.717, 1.165) is 31.7 Å². The van der Waals surface area contributed by atoms with Gasteiger partial charge in [0.25, 0.3) is 0 Å². The van der Waals surface area contributed by atoms with Gasteiger partial charge in [0.2, 0.25) is 0 Å². The molecule has 1 unspecified atom stereocenters. The number of nitrogens with one attached hydrogen (secondary N) is 1. The first kappa shape index (κ1) is 15.8. The minimum atomic E-state index is 0.567. The lowest BCUT2D eigenvalue weighted by Crippen LogP contribution is -2.28. The van der Waals surface area contributed by atoms with Gasteiger partial charge in [0, 0.05) is 6.42 Å². The zero-order valence-electron chi connectivity index (χ0n) is 13.4. The average Bonchev–Trinajstić information content (AvgIpc) is 2.94. The van der Waals surface area contributed by atoms with Crippen molar-refractivity contribution in [1.29, 1.82) is 0 Å². The second kappa shape index (κ2) is 8.04. The molecule has 0 aliphatic rings. The molecule has 0 fully saturated rings. The molecule has 2 rings (SSSR count). The predicted octanol–water partition coefficient (Wildman–Crippen LogP) is 4.24. The van der Waals surface area contributed by atoms with Gasteiger partial charge in [0.05, 0.1) is 6.26 Å². The third-order valence-corrected chi connectivity index (χ3v) is 3.70. The van der Waals surface area contributed by atoms with Crippen molar-refractivity contribution in [2.75, 3.05) is 13.1 Å². The second-order valence-electron chi connectivity index (χ2n) is 6.39. The van der Waals surface area contributed by atoms with Crippen molar-refractivity contribution in [2.45, 2.75) is 33.6 Å². The predicted molar refractivity (Wildman–Crippen MR) is 88.5 cm³/mol. The molecule has 0 bridgehead atoms. The Morgan fingerprint density at radius 2 is 1.76 bits per heavy atom. The molecule has 1 atom stereocenters. The van der Waals surface area contributed by atoms with Gasteiger partial charge < -0.3 is 9.73 Å². The molecule has 114 valence electrons. The van der Waals surface area contributed by atoms with Gasteiger partial charge in [-0.25, -0.2) is 0 Å². The van der Waals surface area contributed by atoms with E-state index in [2.05, 4.69) is 56.4 Å². The molecule has 1 aromatic carbocycles. The van der Waals surface area contributed by atoms with Crippen LogP contribution in [0.2, 0.25) is 0 Å². The van der Waals surface area contributed by atoms with Crippen LogP contribution in [0, 0.1) is 18.8 Å². The van der Waals surface area contributed by atoms with Gasteiger partial charge in [0.1, 0.15) is 5.76 Å². The SMILES string of the molecule is Cc1ccc(CC(CNCC(C)C)Cc2ccco2)cc1. The normalized spacial score (nSPS) is 12.8. The quantitative estimate of drug-likeness (QED) is 0.785. The minimum Gasteiger partial charge on any atom is -0.469 e. The first-order valence-corrected chi connectivity index (χ1v) is 7.92. The molecule has 21 heavy (non-hydrogen) atoms. The number of aryl methyl sites for hydroxylation is 1. The van der Waals surface area contributed by atoms with E-state index >= 15 is 0 Å². The minimum absolute atomic E-state index is 0.567. The van der Waals surface area contributed by atoms with Gasteiger partial charge in [-0.15, -0.1) is 0 Å². The monoisotopic (exact) mass is 285 g/mol. The lowest BCUT2D eigenvalue weighted by Gasteiger charge is -2.18. The third kappa shape index (κ3) is 5.76. The van der Waals surface area contributed by atoms with Crippen LogP contribution in [-0.4, -0.2) is 13.1 Å². The zero-order valence-corrected chi connectivity index (χ0v) is 13.4. The molecule has 2 heteroatoms. The maximum atomic E-state index is 5.52. The first-order chi connectivity index (χ1) is 10.1. The average molecular weight is 285 g/mol. The van der Waals surface area contributed by atoms with Crippen LogP contribution in [0.25, 0.3) is 0 Å². The van der Waals surface area contributed by atoms with Crippen molar-refractivity contribution in [2.24, 2.45) is 11.8 Å². The molecule has 0 amide bonds. The Balaban J connectivity index is 1.95. The Bertz CT molecular complexity index is 499. The lowest BCUT2D eigenvalue weighted by atomic mass is 9.94. The number of rotatable bonds is 8. The summed E-state index contributed by atoms with van der Waals surface area (Å²) in [4.78, 5) is 0. The summed E-state index contributed by atoms with van der Waals surface area (Å²) in [5.41, 5.74) is 2.72. The van der Waals surface area contributed by atoms with Crippen molar-refractivity contribution < 1.29 is 4.42 Å². The molecular formula is C19H27NO. The highest BCUT2D eigenvalue weighted by molar-refractivity contribution is 5.22. The summed E-state index contributed by atoms with van der Waals surface area (Å²) in [6.45, 7) is 8.73. The molecule has 0 saturated carbocycles. The molecule has 1 aromatic heterocycles. The molecule has 0 radical (unpaired) electrons. The summed E-state index contributed by atoms with van der Waals surface area (Å²) in [6, 6.07) is 12.9. The Kier molecular flexibility index (Phi) is 6.06. The van der Waals surface area contributed by atoms with Crippen LogP contribution >= 0.6 is 0 Å². The highest BCUT2D eigenvalue weighted by atomic mass is 16.3. The summed E-state index contributed by atoms with van der Waals surface area (Å²) in [5, 5.41) is 3.59. The van der Waals surface area contributed by atoms with Crippen LogP contribution in [0.1, 0.15) is 30.7 Å². The largest absolute Gasteiger partial charge is 0.469 e. The molecule has 0 spiro atoms. The van der Waals surface area contributed by atoms with Crippen LogP contribution in [0.15, 0.2) is 47.1 Å². The molecular weight excluding hydrogens is 258 g/mol. The van der Waals surface area contributed by atoms with E-state index in [1.165, 1.54) is 11.1 Å². The number of benzene rings is 1. The molecule has 0 saturated heterocycles. The van der Waals surface area contributed by atoms with Crippen molar-refractivity contribution in [3.8, 4) is 0 Å². The Morgan fingerprint density at radius 3 is 2.38 bits per heavy atom. The topological polar surface area (TPSA) is 25.2 Å². The van der Waals surface area contributed by atoms with Crippen LogP contribution in [0.3, 0.4) is 0 Å². The lowest BCUT2D eigenvalue weighted by molar-refractivity contribution is 0.404. The maximum absolute atomic E-state index is 5.52. The Hall–Kier alpha value is -1.54. The molecule has 0 aliphatic carbocycles. The third-order valence-electron chi connectivity index (χ3n) is 3.70. The van der Waals surface area contributed by atoms with Crippen molar-refractivity contribution >= 4 is 0 Å². The van der Waals surface area contributed by atoms with E-state index in [-0.39, 0.29) is 0 Å². The van der Waals surface area contributed by atoms with Crippen molar-refractivity contribution in [1.82, 2.24) is 5.32 Å². The Morgan fingerprint density at radius 1 is 1.00 bits per heavy atom.